The van der Waals surface area contributed by atoms with Gasteiger partial charge >= 0.3 is 19.5 Å². The first-order valence-corrected chi connectivity index (χ1v) is 21.9. The normalized spacial score (nSPS) is 13.7. The first-order chi connectivity index (χ1) is 23.3. The van der Waals surface area contributed by atoms with E-state index in [0.717, 1.165) is 77.3 Å². The fourth-order valence-corrected chi connectivity index (χ4v) is 5.96. The number of ether oxygens (including phenoxy) is 2. The molecule has 0 aliphatic carbocycles. The van der Waals surface area contributed by atoms with Gasteiger partial charge in [0.05, 0.1) is 6.61 Å². The van der Waals surface area contributed by atoms with Crippen molar-refractivity contribution in [1.82, 2.24) is 0 Å². The van der Waals surface area contributed by atoms with Crippen LogP contribution in [-0.2, 0) is 28.2 Å². The first-order valence-electron chi connectivity index (χ1n) is 19.9. The highest BCUT2D eigenvalue weighted by Crippen LogP contribution is 2.36. The van der Waals surface area contributed by atoms with Gasteiger partial charge in [0, 0.05) is 19.5 Å². The molecule has 0 aliphatic rings. The summed E-state index contributed by atoms with van der Waals surface area (Å²) >= 11 is 0. The summed E-state index contributed by atoms with van der Waals surface area (Å²) in [4.78, 5) is 34.2. The molecule has 0 radical (unpaired) electrons. The molecule has 0 saturated carbocycles. The molecule has 8 heteroatoms. The quantitative estimate of drug-likeness (QED) is 0.0301. The van der Waals surface area contributed by atoms with Crippen LogP contribution in [0.1, 0.15) is 194 Å². The molecule has 7 nitrogen and oxygen atoms in total. The predicted octanol–water partition coefficient (Wildman–Crippen LogP) is 12.3. The maximum Gasteiger partial charge on any atom is 0.325 e. The molecule has 48 heavy (non-hydrogen) atoms. The lowest BCUT2D eigenvalue weighted by Crippen LogP contribution is -2.29. The summed E-state index contributed by atoms with van der Waals surface area (Å²) in [5.74, 6) is -0.756. The van der Waals surface area contributed by atoms with Crippen LogP contribution in [0.2, 0.25) is 0 Å². The van der Waals surface area contributed by atoms with Gasteiger partial charge < -0.3 is 18.9 Å². The van der Waals surface area contributed by atoms with Crippen LogP contribution >= 0.6 is 7.60 Å². The lowest BCUT2D eigenvalue weighted by molar-refractivity contribution is -0.161. The van der Waals surface area contributed by atoms with Crippen LogP contribution in [0.4, 0.5) is 0 Å². The van der Waals surface area contributed by atoms with Gasteiger partial charge in [-0.1, -0.05) is 141 Å². The summed E-state index contributed by atoms with van der Waals surface area (Å²) in [7, 11) is -3.75. The Bertz CT molecular complexity index is 835. The molecule has 0 aliphatic heterocycles. The van der Waals surface area contributed by atoms with E-state index in [1.165, 1.54) is 96.3 Å². The lowest BCUT2D eigenvalue weighted by Gasteiger charge is -2.19. The second kappa shape index (κ2) is 35.4. The van der Waals surface area contributed by atoms with Crippen LogP contribution in [-0.4, -0.2) is 42.8 Å². The van der Waals surface area contributed by atoms with Crippen molar-refractivity contribution in [2.24, 2.45) is 0 Å². The third-order valence-corrected chi connectivity index (χ3v) is 9.14. The Morgan fingerprint density at radius 2 is 0.896 bits per heavy atom. The number of carbonyl (C=O) groups excluding carboxylic acids is 2. The molecule has 0 aromatic rings. The summed E-state index contributed by atoms with van der Waals surface area (Å²) in [5, 5.41) is 0. The Morgan fingerprint density at radius 3 is 1.29 bits per heavy atom. The number of unbranched alkanes of at least 4 members (excludes halogenated alkanes) is 22. The van der Waals surface area contributed by atoms with Gasteiger partial charge in [-0.05, 0) is 64.2 Å². The summed E-state index contributed by atoms with van der Waals surface area (Å²) in [6, 6.07) is 0. The fourth-order valence-electron chi connectivity index (χ4n) is 5.52. The van der Waals surface area contributed by atoms with E-state index >= 15 is 0 Å². The monoisotopic (exact) mass is 699 g/mol. The maximum atomic E-state index is 12.4. The summed E-state index contributed by atoms with van der Waals surface area (Å²) < 4.78 is 27.4. The van der Waals surface area contributed by atoms with Crippen LogP contribution in [0.25, 0.3) is 0 Å². The van der Waals surface area contributed by atoms with Crippen molar-refractivity contribution < 1.29 is 33.0 Å². The minimum Gasteiger partial charge on any atom is -0.462 e. The molecule has 0 amide bonds. The molecule has 1 unspecified atom stereocenters. The third kappa shape index (κ3) is 37.4. The second-order valence-electron chi connectivity index (χ2n) is 13.6. The van der Waals surface area contributed by atoms with Crippen LogP contribution in [0.5, 0.6) is 0 Å². The standard InChI is InChI=1S/C40H75O7P/c1-4-6-8-10-12-14-16-18-20-22-24-26-28-30-32-34-39(41)45-36-38(37-46-48(3,43)44)47-40(42)35-33-31-29-27-25-23-21-19-17-15-13-11-9-7-5-2/h18-21,38H,4-17,22-37H2,1-3H3,(H,43,44)/b20-18-,21-19-/t38-/m0/s1. The summed E-state index contributed by atoms with van der Waals surface area (Å²) in [6.07, 6.45) is 39.8. The highest BCUT2D eigenvalue weighted by molar-refractivity contribution is 7.51. The average Bonchev–Trinajstić information content (AvgIpc) is 3.05. The predicted molar refractivity (Wildman–Crippen MR) is 201 cm³/mol. The molecule has 282 valence electrons. The minimum atomic E-state index is -3.75. The minimum absolute atomic E-state index is 0.179. The number of esters is 2. The summed E-state index contributed by atoms with van der Waals surface area (Å²) in [5.41, 5.74) is 0. The number of allylic oxidation sites excluding steroid dienone is 4. The van der Waals surface area contributed by atoms with E-state index in [1.807, 2.05) is 0 Å². The first kappa shape index (κ1) is 46.6. The number of carbonyl (C=O) groups is 2. The SMILES string of the molecule is CCCCCCCC/C=C\CCCCCCCC(=O)OC[C@@H](COP(C)(=O)O)OC(=O)CCCCCCC/C=C\CCCCCCCC. The molecule has 0 spiro atoms. The number of hydrogen-bond donors (Lipinski definition) is 1. The van der Waals surface area contributed by atoms with Gasteiger partial charge in [-0.3, -0.25) is 14.2 Å². The van der Waals surface area contributed by atoms with E-state index in [9.17, 15) is 19.0 Å². The van der Waals surface area contributed by atoms with Gasteiger partial charge in [0.25, 0.3) is 0 Å². The van der Waals surface area contributed by atoms with Gasteiger partial charge in [0.2, 0.25) is 0 Å². The van der Waals surface area contributed by atoms with Gasteiger partial charge in [0.1, 0.15) is 6.61 Å². The van der Waals surface area contributed by atoms with E-state index in [4.69, 9.17) is 14.0 Å². The van der Waals surface area contributed by atoms with Crippen LogP contribution in [0, 0.1) is 0 Å². The van der Waals surface area contributed by atoms with E-state index in [1.54, 1.807) is 0 Å². The van der Waals surface area contributed by atoms with Crippen molar-refractivity contribution in [1.29, 1.82) is 0 Å². The van der Waals surface area contributed by atoms with Crippen molar-refractivity contribution in [2.45, 2.75) is 200 Å². The van der Waals surface area contributed by atoms with Crippen molar-refractivity contribution in [2.75, 3.05) is 19.9 Å². The Morgan fingerprint density at radius 1 is 0.542 bits per heavy atom. The molecule has 0 rings (SSSR count). The molecule has 0 aromatic carbocycles. The smallest absolute Gasteiger partial charge is 0.325 e. The highest BCUT2D eigenvalue weighted by atomic mass is 31.2. The van der Waals surface area contributed by atoms with E-state index in [0.29, 0.717) is 6.42 Å². The van der Waals surface area contributed by atoms with Gasteiger partial charge in [-0.25, -0.2) is 0 Å². The lowest BCUT2D eigenvalue weighted by atomic mass is 10.1. The topological polar surface area (TPSA) is 99.1 Å². The second-order valence-corrected chi connectivity index (χ2v) is 15.4. The van der Waals surface area contributed by atoms with E-state index in [2.05, 4.69) is 38.2 Å². The maximum absolute atomic E-state index is 12.4. The average molecular weight is 699 g/mol. The van der Waals surface area contributed by atoms with E-state index < -0.39 is 19.7 Å². The molecular formula is C40H75O7P. The highest BCUT2D eigenvalue weighted by Gasteiger charge is 2.21. The third-order valence-electron chi connectivity index (χ3n) is 8.51. The molecule has 2 atom stereocenters. The number of rotatable bonds is 36. The van der Waals surface area contributed by atoms with Crippen molar-refractivity contribution in [3.63, 3.8) is 0 Å². The molecule has 0 saturated heterocycles. The van der Waals surface area contributed by atoms with Crippen LogP contribution < -0.4 is 0 Å². The Kier molecular flexibility index (Phi) is 34.3. The Labute approximate surface area is 296 Å². The largest absolute Gasteiger partial charge is 0.462 e. The zero-order chi connectivity index (χ0) is 35.4. The molecule has 0 bridgehead atoms. The van der Waals surface area contributed by atoms with Crippen molar-refractivity contribution in [3.05, 3.63) is 24.3 Å². The Hall–Kier alpha value is -1.43. The van der Waals surface area contributed by atoms with Gasteiger partial charge in [0.15, 0.2) is 6.10 Å². The molecule has 0 heterocycles. The van der Waals surface area contributed by atoms with Crippen LogP contribution in [0.3, 0.4) is 0 Å². The zero-order valence-electron chi connectivity index (χ0n) is 31.4. The summed E-state index contributed by atoms with van der Waals surface area (Å²) in [6.45, 7) is 5.11. The molecule has 1 N–H and O–H groups in total. The number of hydrogen-bond acceptors (Lipinski definition) is 6. The van der Waals surface area contributed by atoms with Crippen molar-refractivity contribution >= 4 is 19.5 Å². The molecule has 0 aromatic heterocycles. The fraction of sp³-hybridized carbons (Fsp3) is 0.850. The molecular weight excluding hydrogens is 623 g/mol. The van der Waals surface area contributed by atoms with Crippen molar-refractivity contribution in [3.8, 4) is 0 Å². The van der Waals surface area contributed by atoms with Gasteiger partial charge in [-0.15, -0.1) is 0 Å². The van der Waals surface area contributed by atoms with Crippen LogP contribution in [0.15, 0.2) is 24.3 Å². The van der Waals surface area contributed by atoms with E-state index in [-0.39, 0.29) is 25.6 Å². The molecule has 0 fully saturated rings. The Balaban J connectivity index is 3.97. The van der Waals surface area contributed by atoms with Gasteiger partial charge in [-0.2, -0.15) is 0 Å². The zero-order valence-corrected chi connectivity index (χ0v) is 32.3.